The number of hydrogen-bond donors (Lipinski definition) is 1. The zero-order valence-electron chi connectivity index (χ0n) is 12.0. The Balaban J connectivity index is 2.06. The molecule has 0 amide bonds. The number of rotatable bonds is 2. The largest absolute Gasteiger partial charge is 0.419 e. The van der Waals surface area contributed by atoms with E-state index in [0.29, 0.717) is 26.3 Å². The van der Waals surface area contributed by atoms with E-state index in [4.69, 9.17) is 10.5 Å². The number of nitrogens with two attached hydrogens (primary N) is 1. The van der Waals surface area contributed by atoms with E-state index >= 15 is 0 Å². The normalized spacial score (nSPS) is 15.7. The molecule has 3 heterocycles. The van der Waals surface area contributed by atoms with Crippen molar-refractivity contribution in [2.24, 2.45) is 0 Å². The summed E-state index contributed by atoms with van der Waals surface area (Å²) in [5.74, 6) is 0.470. The maximum Gasteiger partial charge on any atom is 0.419 e. The van der Waals surface area contributed by atoms with Crippen LogP contribution in [0.25, 0.3) is 11.3 Å². The number of nitrogen functional groups attached to an aromatic ring is 1. The molecule has 0 aromatic carbocycles. The van der Waals surface area contributed by atoms with E-state index in [-0.39, 0.29) is 23.0 Å². The van der Waals surface area contributed by atoms with Crippen molar-refractivity contribution in [2.75, 3.05) is 36.9 Å². The lowest BCUT2D eigenvalue weighted by Crippen LogP contribution is -2.37. The van der Waals surface area contributed by atoms with Gasteiger partial charge in [0.05, 0.1) is 18.9 Å². The second-order valence-electron chi connectivity index (χ2n) is 5.00. The van der Waals surface area contributed by atoms with Crippen molar-refractivity contribution in [3.05, 3.63) is 30.1 Å². The van der Waals surface area contributed by atoms with Crippen LogP contribution in [0, 0.1) is 0 Å². The molecule has 1 aliphatic rings. The van der Waals surface area contributed by atoms with Gasteiger partial charge in [-0.2, -0.15) is 13.2 Å². The van der Waals surface area contributed by atoms with E-state index in [1.807, 2.05) is 0 Å². The van der Waals surface area contributed by atoms with Crippen molar-refractivity contribution in [3.63, 3.8) is 0 Å². The molecule has 0 radical (unpaired) electrons. The zero-order valence-corrected chi connectivity index (χ0v) is 12.0. The first kappa shape index (κ1) is 15.5. The topological polar surface area (TPSA) is 77.2 Å². The summed E-state index contributed by atoms with van der Waals surface area (Å²) in [5, 5.41) is 0. The molecule has 0 saturated carbocycles. The van der Waals surface area contributed by atoms with E-state index in [9.17, 15) is 13.2 Å². The summed E-state index contributed by atoms with van der Waals surface area (Å²) in [6, 6.07) is 2.90. The maximum absolute atomic E-state index is 13.2. The molecule has 0 atom stereocenters. The third kappa shape index (κ3) is 3.34. The molecule has 3 rings (SSSR count). The summed E-state index contributed by atoms with van der Waals surface area (Å²) in [7, 11) is 0. The van der Waals surface area contributed by atoms with Crippen LogP contribution in [0.15, 0.2) is 24.5 Å². The summed E-state index contributed by atoms with van der Waals surface area (Å²) < 4.78 is 44.9. The second-order valence-corrected chi connectivity index (χ2v) is 5.00. The molecule has 0 aliphatic carbocycles. The fourth-order valence-corrected chi connectivity index (χ4v) is 2.26. The van der Waals surface area contributed by atoms with Crippen molar-refractivity contribution in [1.29, 1.82) is 0 Å². The van der Waals surface area contributed by atoms with Gasteiger partial charge >= 0.3 is 6.18 Å². The van der Waals surface area contributed by atoms with Gasteiger partial charge < -0.3 is 15.4 Å². The van der Waals surface area contributed by atoms with Crippen LogP contribution < -0.4 is 10.6 Å². The van der Waals surface area contributed by atoms with Crippen molar-refractivity contribution >= 4 is 11.8 Å². The average Bonchev–Trinajstić information content (AvgIpc) is 2.55. The first-order chi connectivity index (χ1) is 10.9. The highest BCUT2D eigenvalue weighted by Gasteiger charge is 2.36. The third-order valence-corrected chi connectivity index (χ3v) is 3.44. The number of pyridine rings is 1. The second kappa shape index (κ2) is 5.99. The Kier molecular flexibility index (Phi) is 4.03. The lowest BCUT2D eigenvalue weighted by molar-refractivity contribution is -0.137. The lowest BCUT2D eigenvalue weighted by atomic mass is 10.1. The molecule has 2 N–H and O–H groups in total. The van der Waals surface area contributed by atoms with E-state index < -0.39 is 11.7 Å². The fourth-order valence-electron chi connectivity index (χ4n) is 2.26. The Morgan fingerprint density at radius 3 is 2.43 bits per heavy atom. The summed E-state index contributed by atoms with van der Waals surface area (Å²) in [5.41, 5.74) is 4.62. The first-order valence-electron chi connectivity index (χ1n) is 6.94. The number of aromatic nitrogens is 3. The van der Waals surface area contributed by atoms with E-state index in [1.54, 1.807) is 4.90 Å². The van der Waals surface area contributed by atoms with Gasteiger partial charge in [-0.05, 0) is 12.1 Å². The van der Waals surface area contributed by atoms with Crippen LogP contribution in [0.1, 0.15) is 5.56 Å². The van der Waals surface area contributed by atoms with Crippen LogP contribution in [0.2, 0.25) is 0 Å². The maximum atomic E-state index is 13.2. The molecule has 1 saturated heterocycles. The summed E-state index contributed by atoms with van der Waals surface area (Å²) in [6.07, 6.45) is -2.47. The van der Waals surface area contributed by atoms with E-state index in [0.717, 1.165) is 6.20 Å². The summed E-state index contributed by atoms with van der Waals surface area (Å²) in [4.78, 5) is 13.6. The monoisotopic (exact) mass is 325 g/mol. The minimum absolute atomic E-state index is 0.207. The smallest absolute Gasteiger partial charge is 0.384 e. The Morgan fingerprint density at radius 1 is 1.09 bits per heavy atom. The Morgan fingerprint density at radius 2 is 1.83 bits per heavy atom. The molecule has 2 aromatic rings. The highest BCUT2D eigenvalue weighted by molar-refractivity contribution is 5.65. The van der Waals surface area contributed by atoms with Gasteiger partial charge in [-0.1, -0.05) is 0 Å². The third-order valence-electron chi connectivity index (χ3n) is 3.44. The molecule has 1 fully saturated rings. The summed E-state index contributed by atoms with van der Waals surface area (Å²) in [6.45, 7) is 2.04. The Labute approximate surface area is 130 Å². The number of nitrogens with zero attached hydrogens (tertiary/aromatic N) is 4. The number of hydrogen-bond acceptors (Lipinski definition) is 6. The molecule has 0 unspecified atom stereocenters. The van der Waals surface area contributed by atoms with Gasteiger partial charge in [0.2, 0.25) is 5.95 Å². The molecule has 2 aromatic heterocycles. The van der Waals surface area contributed by atoms with Crippen molar-refractivity contribution in [1.82, 2.24) is 15.0 Å². The highest BCUT2D eigenvalue weighted by Crippen LogP contribution is 2.36. The highest BCUT2D eigenvalue weighted by atomic mass is 19.4. The SMILES string of the molecule is Nc1ccc(-c2nc(N3CCOCC3)ncc2C(F)(F)F)cn1. The molecule has 9 heteroatoms. The Bertz CT molecular complexity index is 684. The molecule has 122 valence electrons. The minimum Gasteiger partial charge on any atom is -0.384 e. The average molecular weight is 325 g/mol. The van der Waals surface area contributed by atoms with Crippen molar-refractivity contribution in [3.8, 4) is 11.3 Å². The summed E-state index contributed by atoms with van der Waals surface area (Å²) >= 11 is 0. The van der Waals surface area contributed by atoms with E-state index in [1.165, 1.54) is 18.3 Å². The van der Waals surface area contributed by atoms with Gasteiger partial charge in [0.1, 0.15) is 11.4 Å². The lowest BCUT2D eigenvalue weighted by Gasteiger charge is -2.27. The van der Waals surface area contributed by atoms with Gasteiger partial charge in [0, 0.05) is 31.0 Å². The zero-order chi connectivity index (χ0) is 16.4. The van der Waals surface area contributed by atoms with Crippen LogP contribution in [-0.4, -0.2) is 41.3 Å². The Hall–Kier alpha value is -2.42. The van der Waals surface area contributed by atoms with Crippen LogP contribution in [0.5, 0.6) is 0 Å². The molecule has 0 bridgehead atoms. The van der Waals surface area contributed by atoms with Crippen molar-refractivity contribution < 1.29 is 17.9 Å². The van der Waals surface area contributed by atoms with Gasteiger partial charge in [-0.3, -0.25) is 0 Å². The molecule has 0 spiro atoms. The van der Waals surface area contributed by atoms with Crippen LogP contribution in [0.3, 0.4) is 0 Å². The van der Waals surface area contributed by atoms with E-state index in [2.05, 4.69) is 15.0 Å². The predicted octanol–water partition coefficient (Wildman–Crippen LogP) is 1.98. The van der Waals surface area contributed by atoms with Gasteiger partial charge in [0.25, 0.3) is 0 Å². The molecule has 1 aliphatic heterocycles. The first-order valence-corrected chi connectivity index (χ1v) is 6.94. The number of anilines is 2. The van der Waals surface area contributed by atoms with Gasteiger partial charge in [-0.15, -0.1) is 0 Å². The van der Waals surface area contributed by atoms with Crippen LogP contribution in [0.4, 0.5) is 24.9 Å². The standard InChI is InChI=1S/C14H14F3N5O/c15-14(16,17)10-8-20-13(22-3-5-23-6-4-22)21-12(10)9-1-2-11(18)19-7-9/h1-2,7-8H,3-6H2,(H2,18,19). The quantitative estimate of drug-likeness (QED) is 0.910. The van der Waals surface area contributed by atoms with Crippen LogP contribution >= 0.6 is 0 Å². The number of morpholine rings is 1. The molecular weight excluding hydrogens is 311 g/mol. The van der Waals surface area contributed by atoms with Crippen molar-refractivity contribution in [2.45, 2.75) is 6.18 Å². The fraction of sp³-hybridized carbons (Fsp3) is 0.357. The van der Waals surface area contributed by atoms with Crippen LogP contribution in [-0.2, 0) is 10.9 Å². The number of ether oxygens (including phenoxy) is 1. The van der Waals surface area contributed by atoms with Gasteiger partial charge in [0.15, 0.2) is 0 Å². The number of alkyl halides is 3. The molecular formula is C14H14F3N5O. The molecule has 6 nitrogen and oxygen atoms in total. The molecule has 23 heavy (non-hydrogen) atoms. The van der Waals surface area contributed by atoms with Gasteiger partial charge in [-0.25, -0.2) is 15.0 Å². The minimum atomic E-state index is -4.56. The number of halogens is 3. The predicted molar refractivity (Wildman–Crippen MR) is 77.7 cm³/mol.